The van der Waals surface area contributed by atoms with Crippen LogP contribution >= 0.6 is 0 Å². The summed E-state index contributed by atoms with van der Waals surface area (Å²) in [5.41, 5.74) is 1.38. The number of hydrogen-bond acceptors (Lipinski definition) is 8. The van der Waals surface area contributed by atoms with E-state index in [2.05, 4.69) is 32.2 Å². The van der Waals surface area contributed by atoms with E-state index in [-0.39, 0.29) is 12.5 Å². The second kappa shape index (κ2) is 28.5. The van der Waals surface area contributed by atoms with Crippen LogP contribution in [0.3, 0.4) is 0 Å². The molecule has 1 aliphatic rings. The quantitative estimate of drug-likeness (QED) is 0.0397. The second-order valence-electron chi connectivity index (χ2n) is 13.6. The molecule has 1 fully saturated rings. The molecule has 276 valence electrons. The molecule has 1 amide bonds. The molecular weight excluding hydrogens is 598 g/mol. The Morgan fingerprint density at radius 1 is 0.766 bits per heavy atom. The van der Waals surface area contributed by atoms with Gasteiger partial charge in [-0.15, -0.1) is 0 Å². The normalized spacial score (nSPS) is 23.3. The number of nitrogens with one attached hydrogen (secondary N) is 1. The topological polar surface area (TPSA) is 149 Å². The molecule has 0 aliphatic carbocycles. The van der Waals surface area contributed by atoms with Crippen LogP contribution in [-0.2, 0) is 14.3 Å². The number of aliphatic hydroxyl groups is 5. The zero-order chi connectivity index (χ0) is 34.7. The van der Waals surface area contributed by atoms with E-state index >= 15 is 0 Å². The molecule has 0 bridgehead atoms. The van der Waals surface area contributed by atoms with Gasteiger partial charge in [0.05, 0.1) is 25.4 Å². The lowest BCUT2D eigenvalue weighted by Gasteiger charge is -2.40. The highest BCUT2D eigenvalue weighted by molar-refractivity contribution is 5.76. The van der Waals surface area contributed by atoms with Gasteiger partial charge in [0.15, 0.2) is 6.29 Å². The van der Waals surface area contributed by atoms with Gasteiger partial charge in [-0.05, 0) is 39.0 Å². The highest BCUT2D eigenvalue weighted by Crippen LogP contribution is 2.22. The van der Waals surface area contributed by atoms with E-state index in [1.807, 2.05) is 6.08 Å². The summed E-state index contributed by atoms with van der Waals surface area (Å²) < 4.78 is 11.1. The Bertz CT molecular complexity index is 820. The van der Waals surface area contributed by atoms with Crippen molar-refractivity contribution in [2.45, 2.75) is 198 Å². The number of ether oxygens (including phenoxy) is 2. The maximum atomic E-state index is 12.8. The van der Waals surface area contributed by atoms with Crippen LogP contribution in [0.4, 0.5) is 0 Å². The number of rotatable bonds is 29. The minimum absolute atomic E-state index is 0.191. The molecule has 0 aromatic rings. The largest absolute Gasteiger partial charge is 0.394 e. The van der Waals surface area contributed by atoms with Crippen LogP contribution in [0.1, 0.15) is 156 Å². The maximum Gasteiger partial charge on any atom is 0.220 e. The van der Waals surface area contributed by atoms with E-state index in [9.17, 15) is 30.3 Å². The van der Waals surface area contributed by atoms with Crippen molar-refractivity contribution in [2.75, 3.05) is 13.2 Å². The first-order chi connectivity index (χ1) is 22.7. The summed E-state index contributed by atoms with van der Waals surface area (Å²) in [6.45, 7) is 5.87. The molecule has 1 aliphatic heterocycles. The summed E-state index contributed by atoms with van der Waals surface area (Å²) in [6.07, 6.45) is 21.6. The highest BCUT2D eigenvalue weighted by atomic mass is 16.7. The third-order valence-corrected chi connectivity index (χ3v) is 9.14. The minimum Gasteiger partial charge on any atom is -0.394 e. The van der Waals surface area contributed by atoms with Crippen LogP contribution in [0.2, 0.25) is 0 Å². The molecule has 0 aromatic carbocycles. The number of unbranched alkanes of at least 4 members (excludes halogenated alkanes) is 16. The van der Waals surface area contributed by atoms with Gasteiger partial charge in [0.25, 0.3) is 0 Å². The summed E-state index contributed by atoms with van der Waals surface area (Å²) in [7, 11) is 0. The van der Waals surface area contributed by atoms with Crippen molar-refractivity contribution in [1.82, 2.24) is 5.32 Å². The standard InChI is InChI=1S/C38H71NO8/c1-4-6-8-10-12-13-14-15-16-18-23-27-34(42)39-31(29-46-38-37(45)36(44)35(43)33(28-40)47-38)32(41)26-22-19-21-25-30(3)24-20-17-11-9-7-5-2/h22,25-26,31-33,35-38,40-41,43-45H,4-21,23-24,27-29H2,1-3H3,(H,39,42). The molecule has 0 spiro atoms. The molecule has 9 heteroatoms. The summed E-state index contributed by atoms with van der Waals surface area (Å²) in [5, 5.41) is 53.9. The van der Waals surface area contributed by atoms with Gasteiger partial charge in [0.2, 0.25) is 5.91 Å². The lowest BCUT2D eigenvalue weighted by molar-refractivity contribution is -0.302. The molecule has 1 saturated heterocycles. The smallest absolute Gasteiger partial charge is 0.220 e. The van der Waals surface area contributed by atoms with E-state index in [0.717, 1.165) is 38.5 Å². The molecule has 7 unspecified atom stereocenters. The monoisotopic (exact) mass is 670 g/mol. The molecule has 7 atom stereocenters. The van der Waals surface area contributed by atoms with Crippen molar-refractivity contribution in [3.63, 3.8) is 0 Å². The molecule has 1 rings (SSSR count). The Morgan fingerprint density at radius 2 is 1.30 bits per heavy atom. The Hall–Kier alpha value is -1.33. The van der Waals surface area contributed by atoms with Crippen LogP contribution in [0, 0.1) is 0 Å². The van der Waals surface area contributed by atoms with Crippen LogP contribution in [0.5, 0.6) is 0 Å². The molecule has 47 heavy (non-hydrogen) atoms. The Labute approximate surface area is 286 Å². The molecule has 0 radical (unpaired) electrons. The Kier molecular flexibility index (Phi) is 26.5. The summed E-state index contributed by atoms with van der Waals surface area (Å²) in [6, 6.07) is -0.816. The fourth-order valence-electron chi connectivity index (χ4n) is 5.94. The van der Waals surface area contributed by atoms with Crippen LogP contribution in [0.25, 0.3) is 0 Å². The highest BCUT2D eigenvalue weighted by Gasteiger charge is 2.44. The van der Waals surface area contributed by atoms with Crippen molar-refractivity contribution < 1.29 is 39.8 Å². The predicted molar refractivity (Wildman–Crippen MR) is 189 cm³/mol. The molecule has 0 saturated carbocycles. The van der Waals surface area contributed by atoms with Crippen LogP contribution in [-0.4, -0.2) is 87.5 Å². The lowest BCUT2D eigenvalue weighted by Crippen LogP contribution is -2.60. The molecule has 1 heterocycles. The average Bonchev–Trinajstić information content (AvgIpc) is 3.06. The predicted octanol–water partition coefficient (Wildman–Crippen LogP) is 6.38. The van der Waals surface area contributed by atoms with Crippen molar-refractivity contribution in [1.29, 1.82) is 0 Å². The fourth-order valence-corrected chi connectivity index (χ4v) is 5.94. The summed E-state index contributed by atoms with van der Waals surface area (Å²) in [5.74, 6) is -0.191. The number of carbonyl (C=O) groups is 1. The van der Waals surface area contributed by atoms with E-state index in [0.29, 0.717) is 6.42 Å². The SMILES string of the molecule is CCCCCCCCCCCCCC(=O)NC(COC1OC(CO)C(O)C(O)C1O)C(O)C=CCCC=C(C)CCCCCCCC. The first-order valence-electron chi connectivity index (χ1n) is 19.0. The van der Waals surface area contributed by atoms with Crippen molar-refractivity contribution >= 4 is 5.91 Å². The number of aliphatic hydroxyl groups excluding tert-OH is 5. The summed E-state index contributed by atoms with van der Waals surface area (Å²) >= 11 is 0. The van der Waals surface area contributed by atoms with Crippen molar-refractivity contribution in [3.05, 3.63) is 23.8 Å². The zero-order valence-electron chi connectivity index (χ0n) is 30.0. The second-order valence-corrected chi connectivity index (χ2v) is 13.6. The molecule has 6 N–H and O–H groups in total. The first-order valence-corrected chi connectivity index (χ1v) is 19.0. The molecular formula is C38H71NO8. The van der Waals surface area contributed by atoms with Gasteiger partial charge in [-0.2, -0.15) is 0 Å². The van der Waals surface area contributed by atoms with Gasteiger partial charge in [0, 0.05) is 6.42 Å². The zero-order valence-corrected chi connectivity index (χ0v) is 30.0. The molecule has 0 aromatic heterocycles. The third-order valence-electron chi connectivity index (χ3n) is 9.14. The van der Waals surface area contributed by atoms with Gasteiger partial charge in [-0.1, -0.05) is 134 Å². The average molecular weight is 670 g/mol. The van der Waals surface area contributed by atoms with Crippen LogP contribution < -0.4 is 5.32 Å². The van der Waals surface area contributed by atoms with E-state index < -0.39 is 49.5 Å². The van der Waals surface area contributed by atoms with Gasteiger partial charge in [-0.25, -0.2) is 0 Å². The van der Waals surface area contributed by atoms with Gasteiger partial charge in [-0.3, -0.25) is 4.79 Å². The summed E-state index contributed by atoms with van der Waals surface area (Å²) in [4.78, 5) is 12.8. The third kappa shape index (κ3) is 20.7. The van der Waals surface area contributed by atoms with Crippen molar-refractivity contribution in [3.8, 4) is 0 Å². The van der Waals surface area contributed by atoms with Gasteiger partial charge in [0.1, 0.15) is 24.4 Å². The van der Waals surface area contributed by atoms with Crippen molar-refractivity contribution in [2.24, 2.45) is 0 Å². The van der Waals surface area contributed by atoms with Crippen LogP contribution in [0.15, 0.2) is 23.8 Å². The number of amides is 1. The van der Waals surface area contributed by atoms with Gasteiger partial charge < -0.3 is 40.3 Å². The number of allylic oxidation sites excluding steroid dienone is 3. The van der Waals surface area contributed by atoms with E-state index in [1.165, 1.54) is 95.5 Å². The maximum absolute atomic E-state index is 12.8. The minimum atomic E-state index is -1.57. The number of carbonyl (C=O) groups excluding carboxylic acids is 1. The van der Waals surface area contributed by atoms with Gasteiger partial charge >= 0.3 is 0 Å². The molecule has 9 nitrogen and oxygen atoms in total. The fraction of sp³-hybridized carbons (Fsp3) is 0.868. The Morgan fingerprint density at radius 3 is 1.85 bits per heavy atom. The van der Waals surface area contributed by atoms with E-state index in [4.69, 9.17) is 9.47 Å². The lowest BCUT2D eigenvalue weighted by atomic mass is 9.99. The Balaban J connectivity index is 2.57. The number of hydrogen-bond donors (Lipinski definition) is 6. The van der Waals surface area contributed by atoms with E-state index in [1.54, 1.807) is 6.08 Å². The first kappa shape index (κ1) is 43.7.